The summed E-state index contributed by atoms with van der Waals surface area (Å²) in [5.41, 5.74) is 7.90. The molecule has 0 aromatic carbocycles. The molecular formula is C17H19N7O. The fourth-order valence-electron chi connectivity index (χ4n) is 3.25. The lowest BCUT2D eigenvalue weighted by Crippen LogP contribution is -2.47. The number of fused-ring (bicyclic) bond motifs is 1. The number of pyridine rings is 1. The number of anilines is 2. The van der Waals surface area contributed by atoms with Crippen molar-refractivity contribution in [2.75, 3.05) is 36.0 Å². The van der Waals surface area contributed by atoms with Gasteiger partial charge < -0.3 is 15.5 Å². The molecule has 0 atom stereocenters. The van der Waals surface area contributed by atoms with Gasteiger partial charge in [0.1, 0.15) is 11.3 Å². The van der Waals surface area contributed by atoms with Gasteiger partial charge in [0.25, 0.3) is 5.91 Å². The molecular weight excluding hydrogens is 318 g/mol. The van der Waals surface area contributed by atoms with Crippen LogP contribution in [0.2, 0.25) is 0 Å². The number of nitrogens with two attached hydrogens (primary N) is 1. The quantitative estimate of drug-likeness (QED) is 0.762. The maximum absolute atomic E-state index is 11.6. The molecule has 0 spiro atoms. The summed E-state index contributed by atoms with van der Waals surface area (Å²) in [5, 5.41) is 4.44. The number of hydrogen-bond acceptors (Lipinski definition) is 6. The van der Waals surface area contributed by atoms with Gasteiger partial charge >= 0.3 is 0 Å². The Labute approximate surface area is 144 Å². The lowest BCUT2D eigenvalue weighted by atomic mass is 10.2. The minimum Gasteiger partial charge on any atom is -0.365 e. The van der Waals surface area contributed by atoms with Crippen LogP contribution in [0.4, 0.5) is 11.6 Å². The van der Waals surface area contributed by atoms with Crippen molar-refractivity contribution < 1.29 is 4.79 Å². The first-order chi connectivity index (χ1) is 12.1. The predicted molar refractivity (Wildman–Crippen MR) is 94.9 cm³/mol. The number of rotatable bonds is 3. The van der Waals surface area contributed by atoms with Gasteiger partial charge in [-0.05, 0) is 25.1 Å². The van der Waals surface area contributed by atoms with Crippen molar-refractivity contribution in [2.45, 2.75) is 6.92 Å². The standard InChI is InChI=1S/C17H19N7O/c1-12-11-14-17(20-5-6-24(14)21-12)23-9-7-22(8-10-23)16-13(15(18)25)3-2-4-19-16/h2-6,11H,7-10H2,1H3,(H2,18,25). The smallest absolute Gasteiger partial charge is 0.252 e. The van der Waals surface area contributed by atoms with E-state index >= 15 is 0 Å². The fourth-order valence-corrected chi connectivity index (χ4v) is 3.25. The molecule has 3 aromatic heterocycles. The van der Waals surface area contributed by atoms with E-state index in [1.165, 1.54) is 0 Å². The molecule has 4 rings (SSSR count). The summed E-state index contributed by atoms with van der Waals surface area (Å²) in [6, 6.07) is 5.49. The highest BCUT2D eigenvalue weighted by Gasteiger charge is 2.23. The maximum atomic E-state index is 11.6. The van der Waals surface area contributed by atoms with E-state index in [0.29, 0.717) is 11.4 Å². The Kier molecular flexibility index (Phi) is 3.72. The second-order valence-corrected chi connectivity index (χ2v) is 6.08. The van der Waals surface area contributed by atoms with E-state index in [4.69, 9.17) is 5.73 Å². The summed E-state index contributed by atoms with van der Waals surface area (Å²) < 4.78 is 1.86. The largest absolute Gasteiger partial charge is 0.365 e. The van der Waals surface area contributed by atoms with Crippen LogP contribution < -0.4 is 15.5 Å². The Morgan fingerprint density at radius 3 is 2.48 bits per heavy atom. The van der Waals surface area contributed by atoms with E-state index < -0.39 is 5.91 Å². The van der Waals surface area contributed by atoms with Crippen molar-refractivity contribution in [1.82, 2.24) is 19.6 Å². The number of hydrogen-bond donors (Lipinski definition) is 1. The molecule has 0 aliphatic carbocycles. The summed E-state index contributed by atoms with van der Waals surface area (Å²) in [6.07, 6.45) is 5.31. The van der Waals surface area contributed by atoms with E-state index in [1.54, 1.807) is 24.5 Å². The van der Waals surface area contributed by atoms with Crippen molar-refractivity contribution in [3.63, 3.8) is 0 Å². The lowest BCUT2D eigenvalue weighted by Gasteiger charge is -2.36. The molecule has 8 heteroatoms. The average Bonchev–Trinajstić information content (AvgIpc) is 3.02. The van der Waals surface area contributed by atoms with E-state index in [1.807, 2.05) is 23.7 Å². The van der Waals surface area contributed by atoms with Gasteiger partial charge in [-0.1, -0.05) is 0 Å². The van der Waals surface area contributed by atoms with Crippen molar-refractivity contribution in [2.24, 2.45) is 5.73 Å². The maximum Gasteiger partial charge on any atom is 0.252 e. The molecule has 25 heavy (non-hydrogen) atoms. The highest BCUT2D eigenvalue weighted by atomic mass is 16.1. The van der Waals surface area contributed by atoms with E-state index in [2.05, 4.69) is 24.9 Å². The Bertz CT molecular complexity index is 928. The van der Waals surface area contributed by atoms with Gasteiger partial charge in [-0.15, -0.1) is 0 Å². The van der Waals surface area contributed by atoms with Crippen LogP contribution in [-0.4, -0.2) is 51.7 Å². The third-order valence-corrected chi connectivity index (χ3v) is 4.42. The van der Waals surface area contributed by atoms with Gasteiger partial charge in [-0.2, -0.15) is 5.10 Å². The zero-order valence-electron chi connectivity index (χ0n) is 14.0. The highest BCUT2D eigenvalue weighted by Crippen LogP contribution is 2.23. The Hall–Kier alpha value is -3.16. The Morgan fingerprint density at radius 1 is 1.08 bits per heavy atom. The third kappa shape index (κ3) is 2.75. The van der Waals surface area contributed by atoms with Gasteiger partial charge in [0, 0.05) is 44.8 Å². The third-order valence-electron chi connectivity index (χ3n) is 4.42. The van der Waals surface area contributed by atoms with E-state index in [0.717, 1.165) is 43.2 Å². The second-order valence-electron chi connectivity index (χ2n) is 6.08. The normalized spacial score (nSPS) is 14.9. The molecule has 2 N–H and O–H groups in total. The van der Waals surface area contributed by atoms with Gasteiger partial charge in [-0.3, -0.25) is 4.79 Å². The van der Waals surface area contributed by atoms with Crippen LogP contribution >= 0.6 is 0 Å². The number of amides is 1. The first-order valence-electron chi connectivity index (χ1n) is 8.19. The molecule has 1 amide bonds. The number of aryl methyl sites for hydroxylation is 1. The number of piperazine rings is 1. The summed E-state index contributed by atoms with van der Waals surface area (Å²) in [4.78, 5) is 24.9. The monoisotopic (exact) mass is 337 g/mol. The number of aromatic nitrogens is 4. The minimum atomic E-state index is -0.452. The Morgan fingerprint density at radius 2 is 1.76 bits per heavy atom. The van der Waals surface area contributed by atoms with Crippen LogP contribution in [0, 0.1) is 6.92 Å². The second kappa shape index (κ2) is 6.04. The molecule has 4 heterocycles. The van der Waals surface area contributed by atoms with Crippen LogP contribution in [0.25, 0.3) is 5.52 Å². The first-order valence-corrected chi connectivity index (χ1v) is 8.19. The van der Waals surface area contributed by atoms with Crippen LogP contribution in [0.3, 0.4) is 0 Å². The SMILES string of the molecule is Cc1cc2c(N3CCN(c4ncccc4C(N)=O)CC3)nccn2n1. The molecule has 8 nitrogen and oxygen atoms in total. The van der Waals surface area contributed by atoms with Crippen LogP contribution in [0.15, 0.2) is 36.8 Å². The van der Waals surface area contributed by atoms with Crippen molar-refractivity contribution in [3.8, 4) is 0 Å². The number of carbonyl (C=O) groups is 1. The highest BCUT2D eigenvalue weighted by molar-refractivity contribution is 5.97. The molecule has 0 saturated carbocycles. The van der Waals surface area contributed by atoms with Gasteiger partial charge in [-0.25, -0.2) is 14.5 Å². The van der Waals surface area contributed by atoms with Crippen LogP contribution in [0.1, 0.15) is 16.1 Å². The molecule has 3 aromatic rings. The van der Waals surface area contributed by atoms with Gasteiger partial charge in [0.15, 0.2) is 5.82 Å². The average molecular weight is 337 g/mol. The summed E-state index contributed by atoms with van der Waals surface area (Å²) >= 11 is 0. The molecule has 0 bridgehead atoms. The molecule has 0 radical (unpaired) electrons. The molecule has 128 valence electrons. The lowest BCUT2D eigenvalue weighted by molar-refractivity contribution is 0.100. The number of primary amides is 1. The predicted octanol–water partition coefficient (Wildman–Crippen LogP) is 0.858. The van der Waals surface area contributed by atoms with E-state index in [-0.39, 0.29) is 0 Å². The van der Waals surface area contributed by atoms with E-state index in [9.17, 15) is 4.79 Å². The van der Waals surface area contributed by atoms with Gasteiger partial charge in [0.05, 0.1) is 11.3 Å². The van der Waals surface area contributed by atoms with Crippen molar-refractivity contribution in [3.05, 3.63) is 48.0 Å². The first kappa shape index (κ1) is 15.4. The number of nitrogens with zero attached hydrogens (tertiary/aromatic N) is 6. The summed E-state index contributed by atoms with van der Waals surface area (Å²) in [7, 11) is 0. The molecule has 0 unspecified atom stereocenters. The van der Waals surface area contributed by atoms with Crippen LogP contribution in [-0.2, 0) is 0 Å². The molecule has 1 aliphatic rings. The summed E-state index contributed by atoms with van der Waals surface area (Å²) in [5.74, 6) is 1.13. The molecule has 1 aliphatic heterocycles. The topological polar surface area (TPSA) is 92.6 Å². The zero-order valence-corrected chi connectivity index (χ0v) is 14.0. The molecule has 1 saturated heterocycles. The Balaban J connectivity index is 1.57. The zero-order chi connectivity index (χ0) is 17.4. The van der Waals surface area contributed by atoms with Crippen LogP contribution in [0.5, 0.6) is 0 Å². The fraction of sp³-hybridized carbons (Fsp3) is 0.294. The number of carbonyl (C=O) groups excluding carboxylic acids is 1. The van der Waals surface area contributed by atoms with Gasteiger partial charge in [0.2, 0.25) is 0 Å². The minimum absolute atomic E-state index is 0.452. The van der Waals surface area contributed by atoms with Crippen molar-refractivity contribution in [1.29, 1.82) is 0 Å². The van der Waals surface area contributed by atoms with Crippen molar-refractivity contribution >= 4 is 23.1 Å². The summed E-state index contributed by atoms with van der Waals surface area (Å²) in [6.45, 7) is 5.03. The molecule has 1 fully saturated rings.